The monoisotopic (exact) mass is 527 g/mol. The number of fused-ring (bicyclic) bond motifs is 4. The van der Waals surface area contributed by atoms with Crippen LogP contribution >= 0.6 is 0 Å². The molecule has 0 aliphatic heterocycles. The number of hydrogen-bond acceptors (Lipinski definition) is 6. The van der Waals surface area contributed by atoms with Gasteiger partial charge in [0.25, 0.3) is 0 Å². The first-order valence-electron chi connectivity index (χ1n) is 13.3. The van der Waals surface area contributed by atoms with E-state index in [1.54, 1.807) is 6.20 Å². The zero-order valence-corrected chi connectivity index (χ0v) is 21.8. The molecule has 0 saturated carbocycles. The SMILES string of the molecule is c1ccc(-c2nc(-c3ccccc3)nc(-c3ccc4c(c3)oc3ccnc(-c5nccc6ccccc56)c34)n2)cc1. The fourth-order valence-corrected chi connectivity index (χ4v) is 5.29. The number of pyridine rings is 2. The molecule has 6 nitrogen and oxygen atoms in total. The van der Waals surface area contributed by atoms with Gasteiger partial charge >= 0.3 is 0 Å². The first-order valence-corrected chi connectivity index (χ1v) is 13.3. The second-order valence-electron chi connectivity index (χ2n) is 9.76. The van der Waals surface area contributed by atoms with Gasteiger partial charge in [-0.1, -0.05) is 91.0 Å². The van der Waals surface area contributed by atoms with Crippen molar-refractivity contribution in [3.05, 3.63) is 128 Å². The molecule has 4 aromatic heterocycles. The third kappa shape index (κ3) is 4.01. The van der Waals surface area contributed by atoms with E-state index in [1.165, 1.54) is 0 Å². The van der Waals surface area contributed by atoms with E-state index in [4.69, 9.17) is 29.3 Å². The third-order valence-electron chi connectivity index (χ3n) is 7.24. The predicted octanol–water partition coefficient (Wildman–Crippen LogP) is 8.38. The topological polar surface area (TPSA) is 77.6 Å². The van der Waals surface area contributed by atoms with Crippen LogP contribution < -0.4 is 0 Å². The summed E-state index contributed by atoms with van der Waals surface area (Å²) in [5.41, 5.74) is 5.80. The average molecular weight is 528 g/mol. The number of hydrogen-bond donors (Lipinski definition) is 0. The number of furan rings is 1. The third-order valence-corrected chi connectivity index (χ3v) is 7.24. The summed E-state index contributed by atoms with van der Waals surface area (Å²) in [6.45, 7) is 0. The van der Waals surface area contributed by atoms with Crippen molar-refractivity contribution in [3.63, 3.8) is 0 Å². The summed E-state index contributed by atoms with van der Waals surface area (Å²) >= 11 is 0. The number of benzene rings is 4. The van der Waals surface area contributed by atoms with Crippen LogP contribution in [-0.4, -0.2) is 24.9 Å². The minimum Gasteiger partial charge on any atom is -0.456 e. The molecule has 0 aliphatic rings. The Bertz CT molecular complexity index is 2150. The molecule has 0 unspecified atom stereocenters. The highest BCUT2D eigenvalue weighted by Gasteiger charge is 2.18. The summed E-state index contributed by atoms with van der Waals surface area (Å²) in [5, 5.41) is 4.06. The van der Waals surface area contributed by atoms with E-state index in [1.807, 2.05) is 103 Å². The van der Waals surface area contributed by atoms with E-state index in [0.717, 1.165) is 60.8 Å². The van der Waals surface area contributed by atoms with Crippen LogP contribution in [0.3, 0.4) is 0 Å². The molecule has 0 radical (unpaired) electrons. The molecule has 0 amide bonds. The van der Waals surface area contributed by atoms with Crippen LogP contribution in [0.1, 0.15) is 0 Å². The van der Waals surface area contributed by atoms with Gasteiger partial charge in [0.05, 0.1) is 11.1 Å². The summed E-state index contributed by atoms with van der Waals surface area (Å²) < 4.78 is 6.38. The van der Waals surface area contributed by atoms with Gasteiger partial charge in [-0.25, -0.2) is 15.0 Å². The maximum Gasteiger partial charge on any atom is 0.164 e. The Kier molecular flexibility index (Phi) is 5.35. The van der Waals surface area contributed by atoms with Crippen molar-refractivity contribution in [3.8, 4) is 45.6 Å². The van der Waals surface area contributed by atoms with Gasteiger partial charge in [-0.15, -0.1) is 0 Å². The van der Waals surface area contributed by atoms with Gasteiger partial charge in [0.1, 0.15) is 16.9 Å². The van der Waals surface area contributed by atoms with Gasteiger partial charge in [0, 0.05) is 39.9 Å². The van der Waals surface area contributed by atoms with Crippen LogP contribution in [0.2, 0.25) is 0 Å². The molecule has 0 fully saturated rings. The first kappa shape index (κ1) is 23.2. The lowest BCUT2D eigenvalue weighted by Crippen LogP contribution is -2.00. The van der Waals surface area contributed by atoms with Gasteiger partial charge in [0.2, 0.25) is 0 Å². The second kappa shape index (κ2) is 9.47. The van der Waals surface area contributed by atoms with Crippen LogP contribution in [0.4, 0.5) is 0 Å². The van der Waals surface area contributed by atoms with Crippen molar-refractivity contribution in [2.75, 3.05) is 0 Å². The van der Waals surface area contributed by atoms with Crippen LogP contribution in [0.15, 0.2) is 132 Å². The summed E-state index contributed by atoms with van der Waals surface area (Å²) in [6.07, 6.45) is 3.60. The Hall–Kier alpha value is -5.75. The van der Waals surface area contributed by atoms with E-state index in [0.29, 0.717) is 17.5 Å². The lowest BCUT2D eigenvalue weighted by molar-refractivity contribution is 0.668. The smallest absolute Gasteiger partial charge is 0.164 e. The van der Waals surface area contributed by atoms with Gasteiger partial charge in [-0.2, -0.15) is 0 Å². The van der Waals surface area contributed by atoms with Crippen molar-refractivity contribution in [1.29, 1.82) is 0 Å². The van der Waals surface area contributed by atoms with Gasteiger partial charge in [-0.3, -0.25) is 9.97 Å². The molecule has 0 saturated heterocycles. The molecule has 0 N–H and O–H groups in total. The normalized spacial score (nSPS) is 11.4. The van der Waals surface area contributed by atoms with Crippen LogP contribution in [-0.2, 0) is 0 Å². The van der Waals surface area contributed by atoms with Gasteiger partial charge in [0.15, 0.2) is 17.5 Å². The summed E-state index contributed by atoms with van der Waals surface area (Å²) in [6, 6.07) is 38.1. The van der Waals surface area contributed by atoms with E-state index in [-0.39, 0.29) is 0 Å². The molecule has 0 atom stereocenters. The molecule has 4 aromatic carbocycles. The Balaban J connectivity index is 1.32. The van der Waals surface area contributed by atoms with Crippen molar-refractivity contribution < 1.29 is 4.42 Å². The minimum atomic E-state index is 0.578. The molecule has 41 heavy (non-hydrogen) atoms. The zero-order valence-electron chi connectivity index (χ0n) is 21.8. The van der Waals surface area contributed by atoms with Gasteiger partial charge in [-0.05, 0) is 29.7 Å². The predicted molar refractivity (Wildman–Crippen MR) is 162 cm³/mol. The number of aromatic nitrogens is 5. The van der Waals surface area contributed by atoms with Gasteiger partial charge < -0.3 is 4.42 Å². The van der Waals surface area contributed by atoms with Crippen LogP contribution in [0.25, 0.3) is 78.3 Å². The van der Waals surface area contributed by atoms with E-state index < -0.39 is 0 Å². The molecule has 0 aliphatic carbocycles. The number of nitrogens with zero attached hydrogens (tertiary/aromatic N) is 5. The number of rotatable bonds is 4. The largest absolute Gasteiger partial charge is 0.456 e. The molecule has 8 aromatic rings. The highest BCUT2D eigenvalue weighted by atomic mass is 16.3. The van der Waals surface area contributed by atoms with Crippen molar-refractivity contribution >= 4 is 32.7 Å². The van der Waals surface area contributed by atoms with E-state index >= 15 is 0 Å². The highest BCUT2D eigenvalue weighted by Crippen LogP contribution is 2.38. The van der Waals surface area contributed by atoms with Crippen LogP contribution in [0, 0.1) is 0 Å². The second-order valence-corrected chi connectivity index (χ2v) is 9.76. The first-order chi connectivity index (χ1) is 20.3. The zero-order chi connectivity index (χ0) is 27.2. The Morgan fingerprint density at radius 2 is 1.05 bits per heavy atom. The van der Waals surface area contributed by atoms with Crippen molar-refractivity contribution in [2.24, 2.45) is 0 Å². The molecular formula is C35H21N5O. The lowest BCUT2D eigenvalue weighted by Gasteiger charge is -2.08. The van der Waals surface area contributed by atoms with E-state index in [2.05, 4.69) is 18.2 Å². The maximum atomic E-state index is 6.38. The average Bonchev–Trinajstić information content (AvgIpc) is 3.43. The Morgan fingerprint density at radius 1 is 0.439 bits per heavy atom. The highest BCUT2D eigenvalue weighted by molar-refractivity contribution is 6.13. The summed E-state index contributed by atoms with van der Waals surface area (Å²) in [5.74, 6) is 1.81. The maximum absolute atomic E-state index is 6.38. The minimum absolute atomic E-state index is 0.578. The van der Waals surface area contributed by atoms with E-state index in [9.17, 15) is 0 Å². The standard InChI is InChI=1S/C35H21N5O/c1-3-10-23(11-4-1)33-38-34(24-12-5-2-6-13-24)40-35(39-33)25-15-16-27-29(21-25)41-28-18-20-37-32(30(27)28)31-26-14-8-7-9-22(26)17-19-36-31/h1-21H. The quantitative estimate of drug-likeness (QED) is 0.229. The molecule has 192 valence electrons. The van der Waals surface area contributed by atoms with Crippen molar-refractivity contribution in [1.82, 2.24) is 24.9 Å². The molecule has 0 bridgehead atoms. The molecule has 4 heterocycles. The summed E-state index contributed by atoms with van der Waals surface area (Å²) in [4.78, 5) is 24.0. The molecular weight excluding hydrogens is 506 g/mol. The summed E-state index contributed by atoms with van der Waals surface area (Å²) in [7, 11) is 0. The fourth-order valence-electron chi connectivity index (χ4n) is 5.29. The molecule has 0 spiro atoms. The lowest BCUT2D eigenvalue weighted by atomic mass is 10.0. The fraction of sp³-hybridized carbons (Fsp3) is 0. The van der Waals surface area contributed by atoms with Crippen LogP contribution in [0.5, 0.6) is 0 Å². The Morgan fingerprint density at radius 3 is 1.78 bits per heavy atom. The molecule has 8 rings (SSSR count). The van der Waals surface area contributed by atoms with Crippen molar-refractivity contribution in [2.45, 2.75) is 0 Å². The molecule has 6 heteroatoms. The Labute approximate surface area is 235 Å².